The maximum absolute atomic E-state index is 10.9. The largest absolute Gasteiger partial charge is 0.481 e. The number of hydrogen-bond acceptors (Lipinski definition) is 4. The lowest BCUT2D eigenvalue weighted by Gasteiger charge is -2.14. The van der Waals surface area contributed by atoms with Gasteiger partial charge < -0.3 is 16.2 Å². The molecule has 1 aromatic heterocycles. The molecule has 6 heteroatoms. The number of carbonyl (C=O) groups excluding carboxylic acids is 1. The summed E-state index contributed by atoms with van der Waals surface area (Å²) in [6, 6.07) is 3.33. The molecule has 0 bridgehead atoms. The fraction of sp³-hybridized carbons (Fsp3) is 0.500. The minimum Gasteiger partial charge on any atom is -0.481 e. The third kappa shape index (κ3) is 5.69. The van der Waals surface area contributed by atoms with Crippen LogP contribution in [-0.2, 0) is 4.79 Å². The summed E-state index contributed by atoms with van der Waals surface area (Å²) in [5, 5.41) is 11.8. The van der Waals surface area contributed by atoms with Crippen LogP contribution in [0.25, 0.3) is 0 Å². The molecular weight excluding hydrogens is 258 g/mol. The van der Waals surface area contributed by atoms with E-state index in [9.17, 15) is 9.59 Å². The molecule has 0 aliphatic heterocycles. The number of aromatic nitrogens is 1. The molecule has 1 aromatic rings. The Balaban J connectivity index is 2.35. The van der Waals surface area contributed by atoms with Gasteiger partial charge in [-0.25, -0.2) is 4.98 Å². The van der Waals surface area contributed by atoms with Crippen LogP contribution in [0.1, 0.15) is 43.0 Å². The average Bonchev–Trinajstić information content (AvgIpc) is 2.42. The summed E-state index contributed by atoms with van der Waals surface area (Å²) >= 11 is 0. The van der Waals surface area contributed by atoms with Gasteiger partial charge >= 0.3 is 5.97 Å². The third-order valence-corrected chi connectivity index (χ3v) is 3.25. The van der Waals surface area contributed by atoms with Crippen molar-refractivity contribution in [3.05, 3.63) is 23.9 Å². The highest BCUT2D eigenvalue weighted by atomic mass is 16.4. The van der Waals surface area contributed by atoms with Crippen molar-refractivity contribution in [1.29, 1.82) is 0 Å². The van der Waals surface area contributed by atoms with Gasteiger partial charge in [-0.3, -0.25) is 9.59 Å². The number of carboxylic acids is 1. The van der Waals surface area contributed by atoms with E-state index in [4.69, 9.17) is 10.8 Å². The number of anilines is 1. The normalized spacial score (nSPS) is 11.8. The zero-order valence-corrected chi connectivity index (χ0v) is 11.6. The number of carboxylic acid groups (broad SMARTS) is 1. The van der Waals surface area contributed by atoms with Crippen molar-refractivity contribution in [2.24, 2.45) is 11.7 Å². The van der Waals surface area contributed by atoms with Crippen LogP contribution in [0.2, 0.25) is 0 Å². The molecule has 1 heterocycles. The van der Waals surface area contributed by atoms with Gasteiger partial charge in [0.15, 0.2) is 0 Å². The Labute approximate surface area is 118 Å². The van der Waals surface area contributed by atoms with Crippen LogP contribution < -0.4 is 11.1 Å². The maximum atomic E-state index is 10.9. The number of aliphatic carboxylic acids is 1. The third-order valence-electron chi connectivity index (χ3n) is 3.25. The molecule has 1 amide bonds. The standard InChI is InChI=1S/C14H21N3O3/c1-2-10(3-6-13(18)19)7-8-16-12-5-4-11(9-17-12)14(15)20/h4-5,9-10H,2-3,6-8H2,1H3,(H2,15,20)(H,16,17)(H,18,19). The van der Waals surface area contributed by atoms with E-state index >= 15 is 0 Å². The molecule has 1 atom stereocenters. The van der Waals surface area contributed by atoms with Crippen LogP contribution in [0.15, 0.2) is 18.3 Å². The van der Waals surface area contributed by atoms with E-state index < -0.39 is 11.9 Å². The van der Waals surface area contributed by atoms with Crippen LogP contribution in [0, 0.1) is 5.92 Å². The lowest BCUT2D eigenvalue weighted by atomic mass is 9.97. The van der Waals surface area contributed by atoms with Crippen molar-refractivity contribution in [3.63, 3.8) is 0 Å². The Morgan fingerprint density at radius 1 is 1.40 bits per heavy atom. The number of hydrogen-bond donors (Lipinski definition) is 3. The lowest BCUT2D eigenvalue weighted by molar-refractivity contribution is -0.137. The van der Waals surface area contributed by atoms with E-state index in [-0.39, 0.29) is 6.42 Å². The van der Waals surface area contributed by atoms with Crippen molar-refractivity contribution >= 4 is 17.7 Å². The number of rotatable bonds is 9. The monoisotopic (exact) mass is 279 g/mol. The summed E-state index contributed by atoms with van der Waals surface area (Å²) in [5.74, 6) is -0.171. The minimum absolute atomic E-state index is 0.212. The second-order valence-corrected chi connectivity index (χ2v) is 4.72. The molecule has 0 aliphatic rings. The highest BCUT2D eigenvalue weighted by molar-refractivity contribution is 5.92. The number of nitrogens with one attached hydrogen (secondary N) is 1. The van der Waals surface area contributed by atoms with E-state index in [2.05, 4.69) is 17.2 Å². The molecule has 0 fully saturated rings. The molecule has 6 nitrogen and oxygen atoms in total. The zero-order valence-electron chi connectivity index (χ0n) is 11.6. The Morgan fingerprint density at radius 2 is 2.15 bits per heavy atom. The lowest BCUT2D eigenvalue weighted by Crippen LogP contribution is -2.13. The van der Waals surface area contributed by atoms with Crippen LogP contribution in [-0.4, -0.2) is 28.5 Å². The van der Waals surface area contributed by atoms with E-state index in [0.717, 1.165) is 19.4 Å². The van der Waals surface area contributed by atoms with Crippen LogP contribution >= 0.6 is 0 Å². The Morgan fingerprint density at radius 3 is 2.65 bits per heavy atom. The van der Waals surface area contributed by atoms with Gasteiger partial charge in [-0.15, -0.1) is 0 Å². The number of carbonyl (C=O) groups is 2. The van der Waals surface area contributed by atoms with E-state index in [0.29, 0.717) is 23.7 Å². The van der Waals surface area contributed by atoms with Gasteiger partial charge in [0.25, 0.3) is 0 Å². The van der Waals surface area contributed by atoms with Crippen molar-refractivity contribution in [2.75, 3.05) is 11.9 Å². The highest BCUT2D eigenvalue weighted by Gasteiger charge is 2.09. The smallest absolute Gasteiger partial charge is 0.303 e. The zero-order chi connectivity index (χ0) is 15.0. The number of nitrogens with zero attached hydrogens (tertiary/aromatic N) is 1. The quantitative estimate of drug-likeness (QED) is 0.640. The van der Waals surface area contributed by atoms with E-state index in [1.165, 1.54) is 6.20 Å². The Kier molecular flexibility index (Phi) is 6.49. The van der Waals surface area contributed by atoms with Gasteiger partial charge in [0, 0.05) is 19.2 Å². The number of nitrogens with two attached hydrogens (primary N) is 1. The van der Waals surface area contributed by atoms with Gasteiger partial charge in [-0.1, -0.05) is 13.3 Å². The molecule has 20 heavy (non-hydrogen) atoms. The molecule has 0 spiro atoms. The summed E-state index contributed by atoms with van der Waals surface area (Å²) in [6.07, 6.45) is 4.20. The van der Waals surface area contributed by atoms with Gasteiger partial charge in [0.05, 0.1) is 5.56 Å². The summed E-state index contributed by atoms with van der Waals surface area (Å²) in [6.45, 7) is 2.79. The molecule has 0 aromatic carbocycles. The molecule has 4 N–H and O–H groups in total. The van der Waals surface area contributed by atoms with Gasteiger partial charge in [0.2, 0.25) is 5.91 Å². The Hall–Kier alpha value is -2.11. The summed E-state index contributed by atoms with van der Waals surface area (Å²) in [4.78, 5) is 25.5. The molecule has 1 rings (SSSR count). The van der Waals surface area contributed by atoms with E-state index in [1.54, 1.807) is 12.1 Å². The molecule has 110 valence electrons. The van der Waals surface area contributed by atoms with Gasteiger partial charge in [0.1, 0.15) is 5.82 Å². The Bertz CT molecular complexity index is 445. The fourth-order valence-electron chi connectivity index (χ4n) is 1.93. The average molecular weight is 279 g/mol. The maximum Gasteiger partial charge on any atom is 0.303 e. The molecule has 0 saturated carbocycles. The molecule has 1 unspecified atom stereocenters. The summed E-state index contributed by atoms with van der Waals surface area (Å²) < 4.78 is 0. The van der Waals surface area contributed by atoms with Crippen molar-refractivity contribution in [1.82, 2.24) is 4.98 Å². The van der Waals surface area contributed by atoms with Gasteiger partial charge in [-0.2, -0.15) is 0 Å². The minimum atomic E-state index is -0.750. The van der Waals surface area contributed by atoms with Crippen molar-refractivity contribution in [3.8, 4) is 0 Å². The van der Waals surface area contributed by atoms with Crippen LogP contribution in [0.3, 0.4) is 0 Å². The molecular formula is C14H21N3O3. The number of amides is 1. The number of pyridine rings is 1. The van der Waals surface area contributed by atoms with E-state index in [1.807, 2.05) is 0 Å². The first-order valence-electron chi connectivity index (χ1n) is 6.74. The predicted octanol–water partition coefficient (Wildman–Crippen LogP) is 1.87. The van der Waals surface area contributed by atoms with Crippen LogP contribution in [0.5, 0.6) is 0 Å². The SMILES string of the molecule is CCC(CCNc1ccc(C(N)=O)cn1)CCC(=O)O. The van der Waals surface area contributed by atoms with Crippen LogP contribution in [0.4, 0.5) is 5.82 Å². The molecule has 0 saturated heterocycles. The first-order chi connectivity index (χ1) is 9.52. The number of primary amides is 1. The fourth-order valence-corrected chi connectivity index (χ4v) is 1.93. The highest BCUT2D eigenvalue weighted by Crippen LogP contribution is 2.15. The summed E-state index contributed by atoms with van der Waals surface area (Å²) in [7, 11) is 0. The second-order valence-electron chi connectivity index (χ2n) is 4.72. The predicted molar refractivity (Wildman–Crippen MR) is 76.5 cm³/mol. The second kappa shape index (κ2) is 8.14. The first kappa shape index (κ1) is 15.9. The van der Waals surface area contributed by atoms with Gasteiger partial charge in [-0.05, 0) is 30.9 Å². The summed E-state index contributed by atoms with van der Waals surface area (Å²) in [5.41, 5.74) is 5.51. The molecule has 0 aliphatic carbocycles. The molecule has 0 radical (unpaired) electrons. The van der Waals surface area contributed by atoms with Crippen molar-refractivity contribution in [2.45, 2.75) is 32.6 Å². The first-order valence-corrected chi connectivity index (χ1v) is 6.74. The van der Waals surface area contributed by atoms with Crippen molar-refractivity contribution < 1.29 is 14.7 Å². The topological polar surface area (TPSA) is 105 Å².